The first-order chi connectivity index (χ1) is 11.9. The first kappa shape index (κ1) is 16.8. The van der Waals surface area contributed by atoms with Crippen LogP contribution in [0.15, 0.2) is 48.5 Å². The fraction of sp³-hybridized carbons (Fsp3) is 0.136. The lowest BCUT2D eigenvalue weighted by Gasteiger charge is -2.10. The average Bonchev–Trinajstić information content (AvgIpc) is 2.80. The Hall–Kier alpha value is -3.07. The molecule has 0 spiro atoms. The van der Waals surface area contributed by atoms with E-state index < -0.39 is 5.97 Å². The number of carboxylic acid groups (broad SMARTS) is 1. The van der Waals surface area contributed by atoms with Crippen LogP contribution in [0.3, 0.4) is 0 Å². The molecule has 0 unspecified atom stereocenters. The van der Waals surface area contributed by atoms with Gasteiger partial charge in [-0.3, -0.25) is 0 Å². The molecule has 0 saturated carbocycles. The summed E-state index contributed by atoms with van der Waals surface area (Å²) in [5, 5.41) is 11.3. The maximum absolute atomic E-state index is 11.4. The van der Waals surface area contributed by atoms with Crippen LogP contribution in [0.1, 0.15) is 27.2 Å². The van der Waals surface area contributed by atoms with Crippen molar-refractivity contribution >= 4 is 19.1 Å². The number of nitrogens with zero attached hydrogens (tertiary/aromatic N) is 1. The van der Waals surface area contributed by atoms with Crippen molar-refractivity contribution in [1.29, 1.82) is 0 Å². The molecule has 1 heterocycles. The zero-order chi connectivity index (χ0) is 18.1. The van der Waals surface area contributed by atoms with E-state index in [1.54, 1.807) is 12.1 Å². The zero-order valence-corrected chi connectivity index (χ0v) is 14.5. The highest BCUT2D eigenvalue weighted by molar-refractivity contribution is 5.95. The molecule has 0 aliphatic rings. The topological polar surface area (TPSA) is 42.2 Å². The van der Waals surface area contributed by atoms with Crippen LogP contribution in [0, 0.1) is 13.8 Å². The minimum absolute atomic E-state index is 0.314. The molecule has 0 aliphatic heterocycles. The summed E-state index contributed by atoms with van der Waals surface area (Å²) in [5.74, 6) is -0.914. The van der Waals surface area contributed by atoms with Gasteiger partial charge in [0.25, 0.3) is 0 Å². The predicted octanol–water partition coefficient (Wildman–Crippen LogP) is 3.34. The number of carboxylic acids is 1. The summed E-state index contributed by atoms with van der Waals surface area (Å²) in [6.45, 7) is 13.1. The SMILES string of the molecule is C=c1c(C)c(C)n(Cc2ccc(-c3ccccc3C(=O)O)cc2)c1=C. The second-order valence-corrected chi connectivity index (χ2v) is 6.27. The molecule has 0 radical (unpaired) electrons. The molecular formula is C22H21NO2. The smallest absolute Gasteiger partial charge is 0.336 e. The summed E-state index contributed by atoms with van der Waals surface area (Å²) >= 11 is 0. The Morgan fingerprint density at radius 2 is 1.68 bits per heavy atom. The fourth-order valence-electron chi connectivity index (χ4n) is 3.11. The third-order valence-corrected chi connectivity index (χ3v) is 4.84. The van der Waals surface area contributed by atoms with Crippen molar-refractivity contribution in [2.75, 3.05) is 0 Å². The van der Waals surface area contributed by atoms with E-state index in [1.165, 1.54) is 11.3 Å². The summed E-state index contributed by atoms with van der Waals surface area (Å²) in [5.41, 5.74) is 5.43. The van der Waals surface area contributed by atoms with E-state index in [9.17, 15) is 9.90 Å². The Kier molecular flexibility index (Phi) is 4.32. The van der Waals surface area contributed by atoms with Gasteiger partial charge in [-0.1, -0.05) is 55.6 Å². The van der Waals surface area contributed by atoms with Gasteiger partial charge in [0.05, 0.1) is 5.56 Å². The molecule has 0 amide bonds. The maximum Gasteiger partial charge on any atom is 0.336 e. The average molecular weight is 331 g/mol. The van der Waals surface area contributed by atoms with Gasteiger partial charge in [-0.25, -0.2) is 4.79 Å². The summed E-state index contributed by atoms with van der Waals surface area (Å²) in [4.78, 5) is 11.4. The van der Waals surface area contributed by atoms with Crippen LogP contribution in [0.2, 0.25) is 0 Å². The highest BCUT2D eigenvalue weighted by Crippen LogP contribution is 2.24. The van der Waals surface area contributed by atoms with Gasteiger partial charge in [-0.2, -0.15) is 0 Å². The first-order valence-corrected chi connectivity index (χ1v) is 8.15. The van der Waals surface area contributed by atoms with E-state index in [0.29, 0.717) is 5.56 Å². The quantitative estimate of drug-likeness (QED) is 0.797. The van der Waals surface area contributed by atoms with Gasteiger partial charge in [-0.05, 0) is 47.4 Å². The molecule has 1 N–H and O–H groups in total. The lowest BCUT2D eigenvalue weighted by atomic mass is 9.99. The Morgan fingerprint density at radius 3 is 2.24 bits per heavy atom. The molecule has 3 rings (SSSR count). The molecule has 25 heavy (non-hydrogen) atoms. The predicted molar refractivity (Wildman–Crippen MR) is 102 cm³/mol. The second-order valence-electron chi connectivity index (χ2n) is 6.27. The molecule has 0 fully saturated rings. The number of benzene rings is 2. The van der Waals surface area contributed by atoms with Crippen molar-refractivity contribution in [3.05, 3.63) is 81.5 Å². The van der Waals surface area contributed by atoms with E-state index in [0.717, 1.165) is 33.8 Å². The number of hydrogen-bond donors (Lipinski definition) is 1. The number of rotatable bonds is 4. The lowest BCUT2D eigenvalue weighted by Crippen LogP contribution is -2.27. The lowest BCUT2D eigenvalue weighted by molar-refractivity contribution is 0.0697. The molecule has 2 aromatic carbocycles. The van der Waals surface area contributed by atoms with Crippen molar-refractivity contribution in [1.82, 2.24) is 4.57 Å². The monoisotopic (exact) mass is 331 g/mol. The maximum atomic E-state index is 11.4. The standard InChI is InChI=1S/C22H21NO2/c1-14-15(2)17(4)23(16(14)3)13-18-9-11-19(12-10-18)20-7-5-6-8-21(20)22(24)25/h5-12H,1,3,13H2,2,4H3,(H,24,25). The molecule has 3 aromatic rings. The van der Waals surface area contributed by atoms with Gasteiger partial charge in [0.2, 0.25) is 0 Å². The number of carbonyl (C=O) groups is 1. The van der Waals surface area contributed by atoms with Crippen LogP contribution in [-0.4, -0.2) is 15.6 Å². The minimum Gasteiger partial charge on any atom is -0.478 e. The van der Waals surface area contributed by atoms with Crippen molar-refractivity contribution in [2.24, 2.45) is 0 Å². The van der Waals surface area contributed by atoms with Gasteiger partial charge in [-0.15, -0.1) is 0 Å². The summed E-state index contributed by atoms with van der Waals surface area (Å²) in [6, 6.07) is 15.1. The summed E-state index contributed by atoms with van der Waals surface area (Å²) in [7, 11) is 0. The van der Waals surface area contributed by atoms with E-state index in [1.807, 2.05) is 36.4 Å². The van der Waals surface area contributed by atoms with Gasteiger partial charge in [0.15, 0.2) is 0 Å². The molecule has 3 heteroatoms. The molecule has 0 aliphatic carbocycles. The number of aromatic nitrogens is 1. The van der Waals surface area contributed by atoms with E-state index in [2.05, 4.69) is 31.6 Å². The third kappa shape index (κ3) is 3.01. The summed E-state index contributed by atoms with van der Waals surface area (Å²) < 4.78 is 2.16. The largest absolute Gasteiger partial charge is 0.478 e. The van der Waals surface area contributed by atoms with Gasteiger partial charge >= 0.3 is 5.97 Å². The van der Waals surface area contributed by atoms with Crippen LogP contribution in [-0.2, 0) is 6.54 Å². The zero-order valence-electron chi connectivity index (χ0n) is 14.5. The Balaban J connectivity index is 1.95. The molecule has 3 nitrogen and oxygen atoms in total. The highest BCUT2D eigenvalue weighted by atomic mass is 16.4. The van der Waals surface area contributed by atoms with E-state index >= 15 is 0 Å². The fourth-order valence-corrected chi connectivity index (χ4v) is 3.11. The minimum atomic E-state index is -0.914. The third-order valence-electron chi connectivity index (χ3n) is 4.84. The number of hydrogen-bond acceptors (Lipinski definition) is 1. The van der Waals surface area contributed by atoms with Crippen LogP contribution < -0.4 is 10.6 Å². The first-order valence-electron chi connectivity index (χ1n) is 8.15. The Bertz CT molecular complexity index is 1040. The van der Waals surface area contributed by atoms with E-state index in [4.69, 9.17) is 0 Å². The Morgan fingerprint density at radius 1 is 1.04 bits per heavy atom. The van der Waals surface area contributed by atoms with Crippen molar-refractivity contribution in [2.45, 2.75) is 20.4 Å². The van der Waals surface area contributed by atoms with Gasteiger partial charge < -0.3 is 9.67 Å². The molecule has 0 atom stereocenters. The molecule has 0 saturated heterocycles. The molecule has 126 valence electrons. The van der Waals surface area contributed by atoms with Crippen LogP contribution in [0.25, 0.3) is 24.3 Å². The molecule has 0 bridgehead atoms. The molecule has 1 aromatic heterocycles. The van der Waals surface area contributed by atoms with Crippen molar-refractivity contribution in [3.8, 4) is 11.1 Å². The molecular weight excluding hydrogens is 310 g/mol. The van der Waals surface area contributed by atoms with Crippen LogP contribution >= 0.6 is 0 Å². The van der Waals surface area contributed by atoms with Crippen LogP contribution in [0.4, 0.5) is 0 Å². The van der Waals surface area contributed by atoms with E-state index in [-0.39, 0.29) is 0 Å². The summed E-state index contributed by atoms with van der Waals surface area (Å²) in [6.07, 6.45) is 0. The van der Waals surface area contributed by atoms with Gasteiger partial charge in [0.1, 0.15) is 0 Å². The second kappa shape index (κ2) is 6.44. The van der Waals surface area contributed by atoms with Crippen molar-refractivity contribution < 1.29 is 9.90 Å². The van der Waals surface area contributed by atoms with Crippen LogP contribution in [0.5, 0.6) is 0 Å². The Labute approximate surface area is 147 Å². The highest BCUT2D eigenvalue weighted by Gasteiger charge is 2.11. The normalized spacial score (nSPS) is 10.8. The number of aromatic carboxylic acids is 1. The van der Waals surface area contributed by atoms with Crippen molar-refractivity contribution in [3.63, 3.8) is 0 Å². The van der Waals surface area contributed by atoms with Gasteiger partial charge in [0, 0.05) is 17.6 Å².